The van der Waals surface area contributed by atoms with Crippen LogP contribution in [0.2, 0.25) is 0 Å². The van der Waals surface area contributed by atoms with E-state index in [2.05, 4.69) is 10.3 Å². The molecule has 0 unspecified atom stereocenters. The van der Waals surface area contributed by atoms with Crippen LogP contribution in [0.1, 0.15) is 44.1 Å². The third-order valence-electron chi connectivity index (χ3n) is 3.81. The van der Waals surface area contributed by atoms with Crippen LogP contribution in [-0.2, 0) is 10.5 Å². The van der Waals surface area contributed by atoms with Crippen molar-refractivity contribution in [3.05, 3.63) is 23.9 Å². The molecule has 0 bridgehead atoms. The molecule has 1 fully saturated rings. The van der Waals surface area contributed by atoms with Gasteiger partial charge in [-0.15, -0.1) is 0 Å². The first-order valence-electron chi connectivity index (χ1n) is 7.74. The summed E-state index contributed by atoms with van der Waals surface area (Å²) in [4.78, 5) is 16.5. The molecule has 1 saturated carbocycles. The number of nitrogens with zero attached hydrogens (tertiary/aromatic N) is 1. The summed E-state index contributed by atoms with van der Waals surface area (Å²) in [6.45, 7) is 0.195. The van der Waals surface area contributed by atoms with E-state index in [4.69, 9.17) is 5.11 Å². The molecule has 116 valence electrons. The van der Waals surface area contributed by atoms with Crippen molar-refractivity contribution in [3.63, 3.8) is 0 Å². The topological polar surface area (TPSA) is 62.2 Å². The van der Waals surface area contributed by atoms with E-state index < -0.39 is 0 Å². The maximum Gasteiger partial charge on any atom is 0.228 e. The van der Waals surface area contributed by atoms with Crippen molar-refractivity contribution in [1.82, 2.24) is 4.98 Å². The van der Waals surface area contributed by atoms with Gasteiger partial charge in [0.25, 0.3) is 0 Å². The van der Waals surface area contributed by atoms with Gasteiger partial charge >= 0.3 is 0 Å². The Morgan fingerprint density at radius 2 is 2.10 bits per heavy atom. The number of thioether (sulfide) groups is 1. The highest BCUT2D eigenvalue weighted by atomic mass is 32.2. The van der Waals surface area contributed by atoms with E-state index in [1.54, 1.807) is 18.0 Å². The predicted octanol–water partition coefficient (Wildman–Crippen LogP) is 3.22. The average molecular weight is 308 g/mol. The maximum atomic E-state index is 12.3. The van der Waals surface area contributed by atoms with Gasteiger partial charge in [0.15, 0.2) is 0 Å². The highest BCUT2D eigenvalue weighted by molar-refractivity contribution is 7.98. The van der Waals surface area contributed by atoms with Gasteiger partial charge in [-0.05, 0) is 30.5 Å². The summed E-state index contributed by atoms with van der Waals surface area (Å²) in [5.41, 5.74) is 1.12. The third-order valence-corrected chi connectivity index (χ3v) is 4.81. The van der Waals surface area contributed by atoms with Crippen molar-refractivity contribution in [2.75, 3.05) is 17.7 Å². The van der Waals surface area contributed by atoms with E-state index >= 15 is 0 Å². The first kappa shape index (κ1) is 16.3. The predicted molar refractivity (Wildman–Crippen MR) is 87.3 cm³/mol. The quantitative estimate of drug-likeness (QED) is 0.626. The van der Waals surface area contributed by atoms with E-state index in [1.165, 1.54) is 12.8 Å². The van der Waals surface area contributed by atoms with Crippen LogP contribution in [-0.4, -0.2) is 28.4 Å². The summed E-state index contributed by atoms with van der Waals surface area (Å²) in [5.74, 6) is 2.46. The van der Waals surface area contributed by atoms with Gasteiger partial charge < -0.3 is 10.4 Å². The van der Waals surface area contributed by atoms with E-state index in [0.29, 0.717) is 5.82 Å². The first-order chi connectivity index (χ1) is 10.3. The van der Waals surface area contributed by atoms with Crippen LogP contribution in [0.25, 0.3) is 0 Å². The Morgan fingerprint density at radius 3 is 2.81 bits per heavy atom. The molecule has 0 aromatic carbocycles. The lowest BCUT2D eigenvalue weighted by Crippen LogP contribution is -2.22. The van der Waals surface area contributed by atoms with Crippen LogP contribution in [0.15, 0.2) is 18.3 Å². The van der Waals surface area contributed by atoms with Gasteiger partial charge in [0.05, 0.1) is 6.61 Å². The Balaban J connectivity index is 1.89. The number of nitrogens with one attached hydrogen (secondary N) is 1. The van der Waals surface area contributed by atoms with Crippen molar-refractivity contribution < 1.29 is 9.90 Å². The van der Waals surface area contributed by atoms with Gasteiger partial charge in [-0.3, -0.25) is 4.79 Å². The number of amides is 1. The van der Waals surface area contributed by atoms with Crippen molar-refractivity contribution >= 4 is 23.5 Å². The molecule has 0 spiro atoms. The summed E-state index contributed by atoms with van der Waals surface area (Å²) < 4.78 is 0. The summed E-state index contributed by atoms with van der Waals surface area (Å²) in [7, 11) is 0. The monoisotopic (exact) mass is 308 g/mol. The molecule has 1 aliphatic carbocycles. The van der Waals surface area contributed by atoms with Crippen LogP contribution in [0.5, 0.6) is 0 Å². The van der Waals surface area contributed by atoms with E-state index in [1.807, 2.05) is 12.1 Å². The van der Waals surface area contributed by atoms with E-state index in [9.17, 15) is 4.79 Å². The number of hydrogen-bond acceptors (Lipinski definition) is 4. The number of aromatic nitrogens is 1. The number of rotatable bonds is 6. The minimum Gasteiger partial charge on any atom is -0.396 e. The summed E-state index contributed by atoms with van der Waals surface area (Å²) in [6, 6.07) is 3.88. The van der Waals surface area contributed by atoms with E-state index in [-0.39, 0.29) is 18.4 Å². The Morgan fingerprint density at radius 1 is 1.33 bits per heavy atom. The second-order valence-corrected chi connectivity index (χ2v) is 6.61. The Bertz CT molecular complexity index is 446. The number of pyridine rings is 1. The number of anilines is 1. The molecule has 21 heavy (non-hydrogen) atoms. The Hall–Kier alpha value is -1.07. The zero-order chi connectivity index (χ0) is 14.9. The van der Waals surface area contributed by atoms with Crippen molar-refractivity contribution in [2.45, 2.75) is 44.3 Å². The fourth-order valence-corrected chi connectivity index (χ4v) is 3.35. The van der Waals surface area contributed by atoms with Crippen LogP contribution < -0.4 is 5.32 Å². The van der Waals surface area contributed by atoms with Gasteiger partial charge in [0.2, 0.25) is 5.91 Å². The standard InChI is InChI=1S/C16H24N2O2S/c19-9-10-21-12-13-7-8-17-15(11-13)18-16(20)14-5-3-1-2-4-6-14/h7-8,11,14,19H,1-6,9-10,12H2,(H,17,18,20). The van der Waals surface area contributed by atoms with Crippen molar-refractivity contribution in [3.8, 4) is 0 Å². The highest BCUT2D eigenvalue weighted by Crippen LogP contribution is 2.24. The fourth-order valence-electron chi connectivity index (χ4n) is 2.66. The second kappa shape index (κ2) is 9.05. The van der Waals surface area contributed by atoms with Crippen molar-refractivity contribution in [1.29, 1.82) is 0 Å². The molecule has 0 radical (unpaired) electrons. The fraction of sp³-hybridized carbons (Fsp3) is 0.625. The molecule has 1 heterocycles. The van der Waals surface area contributed by atoms with Gasteiger partial charge in [-0.2, -0.15) is 11.8 Å². The van der Waals surface area contributed by atoms with Gasteiger partial charge in [0, 0.05) is 23.6 Å². The summed E-state index contributed by atoms with van der Waals surface area (Å²) >= 11 is 1.67. The lowest BCUT2D eigenvalue weighted by molar-refractivity contribution is -0.120. The molecule has 4 nitrogen and oxygen atoms in total. The SMILES string of the molecule is O=C(Nc1cc(CSCCO)ccn1)C1CCCCCC1. The summed E-state index contributed by atoms with van der Waals surface area (Å²) in [5, 5.41) is 11.8. The lowest BCUT2D eigenvalue weighted by Gasteiger charge is -2.14. The van der Waals surface area contributed by atoms with Crippen molar-refractivity contribution in [2.24, 2.45) is 5.92 Å². The average Bonchev–Trinajstić information content (AvgIpc) is 2.77. The number of carbonyl (C=O) groups excluding carboxylic acids is 1. The molecular weight excluding hydrogens is 284 g/mol. The van der Waals surface area contributed by atoms with Crippen LogP contribution in [0.4, 0.5) is 5.82 Å². The molecule has 1 aromatic rings. The smallest absolute Gasteiger partial charge is 0.228 e. The molecule has 2 rings (SSSR count). The molecule has 1 amide bonds. The molecule has 1 aliphatic rings. The Labute approximate surface area is 130 Å². The maximum absolute atomic E-state index is 12.3. The second-order valence-electron chi connectivity index (χ2n) is 5.50. The minimum absolute atomic E-state index is 0.115. The van der Waals surface area contributed by atoms with Crippen LogP contribution in [0.3, 0.4) is 0 Å². The molecule has 0 atom stereocenters. The highest BCUT2D eigenvalue weighted by Gasteiger charge is 2.20. The van der Waals surface area contributed by atoms with Gasteiger partial charge in [-0.1, -0.05) is 25.7 Å². The van der Waals surface area contributed by atoms with Gasteiger partial charge in [-0.25, -0.2) is 4.98 Å². The normalized spacial score (nSPS) is 16.4. The number of hydrogen-bond donors (Lipinski definition) is 2. The number of carbonyl (C=O) groups is 1. The number of aliphatic hydroxyl groups excluding tert-OH is 1. The molecule has 1 aromatic heterocycles. The molecule has 5 heteroatoms. The van der Waals surface area contributed by atoms with E-state index in [0.717, 1.165) is 42.8 Å². The molecule has 2 N–H and O–H groups in total. The zero-order valence-corrected chi connectivity index (χ0v) is 13.2. The molecular formula is C16H24N2O2S. The minimum atomic E-state index is 0.115. The van der Waals surface area contributed by atoms with Crippen LogP contribution in [0, 0.1) is 5.92 Å². The molecule has 0 saturated heterocycles. The largest absolute Gasteiger partial charge is 0.396 e. The molecule has 0 aliphatic heterocycles. The van der Waals surface area contributed by atoms with Crippen LogP contribution >= 0.6 is 11.8 Å². The third kappa shape index (κ3) is 5.67. The zero-order valence-electron chi connectivity index (χ0n) is 12.4. The lowest BCUT2D eigenvalue weighted by atomic mass is 9.99. The summed E-state index contributed by atoms with van der Waals surface area (Å²) in [6.07, 6.45) is 8.54. The first-order valence-corrected chi connectivity index (χ1v) is 8.89. The number of aliphatic hydroxyl groups is 1. The Kier molecular flexibility index (Phi) is 7.03. The van der Waals surface area contributed by atoms with Gasteiger partial charge in [0.1, 0.15) is 5.82 Å².